The normalized spacial score (nSPS) is 11.9. The Morgan fingerprint density at radius 2 is 1.64 bits per heavy atom. The van der Waals surface area contributed by atoms with E-state index < -0.39 is 18.0 Å². The maximum absolute atomic E-state index is 10.8. The van der Waals surface area contributed by atoms with Gasteiger partial charge in [-0.25, -0.2) is 0 Å². The lowest BCUT2D eigenvalue weighted by atomic mass is 10.4. The predicted octanol–water partition coefficient (Wildman–Crippen LogP) is 0.231. The van der Waals surface area contributed by atoms with Crippen molar-refractivity contribution in [2.75, 3.05) is 23.9 Å². The van der Waals surface area contributed by atoms with Crippen LogP contribution in [0.2, 0.25) is 0 Å². The van der Waals surface area contributed by atoms with Crippen molar-refractivity contribution < 1.29 is 19.1 Å². The fraction of sp³-hybridized carbons (Fsp3) is 0.714. The van der Waals surface area contributed by atoms with Crippen molar-refractivity contribution in [1.29, 1.82) is 0 Å². The second-order valence-corrected chi connectivity index (χ2v) is 3.29. The lowest BCUT2D eigenvalue weighted by Gasteiger charge is -2.14. The molecule has 0 fully saturated rings. The molecule has 0 bridgehead atoms. The van der Waals surface area contributed by atoms with Gasteiger partial charge in [0.05, 0.1) is 11.5 Å². The number of ether oxygens (including phenoxy) is 2. The highest BCUT2D eigenvalue weighted by atomic mass is 32.1. The summed E-state index contributed by atoms with van der Waals surface area (Å²) in [6.07, 6.45) is -0.526. The van der Waals surface area contributed by atoms with E-state index in [1.807, 2.05) is 0 Å². The fourth-order valence-electron chi connectivity index (χ4n) is 0.579. The zero-order valence-corrected chi connectivity index (χ0v) is 10.1. The van der Waals surface area contributed by atoms with Gasteiger partial charge in [-0.05, 0) is 0 Å². The number of hydrogen-bond donors (Lipinski definition) is 3. The molecule has 1 unspecified atom stereocenters. The standard InChI is InChI=1S/C7H12O4S3/c8-6(3-13)10-1-5(2-12)11-7(9)4-14/h5,12-14H,1-4H2. The van der Waals surface area contributed by atoms with E-state index in [0.29, 0.717) is 5.75 Å². The molecular formula is C7H12O4S3. The summed E-state index contributed by atoms with van der Waals surface area (Å²) in [5, 5.41) is 0. The van der Waals surface area contributed by atoms with Crippen molar-refractivity contribution in [2.24, 2.45) is 0 Å². The van der Waals surface area contributed by atoms with Crippen molar-refractivity contribution in [1.82, 2.24) is 0 Å². The number of carbonyl (C=O) groups is 2. The predicted molar refractivity (Wildman–Crippen MR) is 62.4 cm³/mol. The molecule has 0 heterocycles. The molecule has 1 atom stereocenters. The maximum atomic E-state index is 10.8. The van der Waals surface area contributed by atoms with Crippen LogP contribution in [-0.4, -0.2) is 41.9 Å². The topological polar surface area (TPSA) is 52.6 Å². The third kappa shape index (κ3) is 6.44. The number of thiol groups is 3. The smallest absolute Gasteiger partial charge is 0.316 e. The van der Waals surface area contributed by atoms with E-state index in [1.165, 1.54) is 0 Å². The van der Waals surface area contributed by atoms with Gasteiger partial charge in [0, 0.05) is 5.75 Å². The van der Waals surface area contributed by atoms with E-state index in [2.05, 4.69) is 37.9 Å². The van der Waals surface area contributed by atoms with E-state index in [9.17, 15) is 9.59 Å². The van der Waals surface area contributed by atoms with Crippen LogP contribution in [0.1, 0.15) is 0 Å². The molecule has 0 aromatic heterocycles. The molecule has 0 saturated carbocycles. The van der Waals surface area contributed by atoms with Crippen LogP contribution in [0.15, 0.2) is 0 Å². The third-order valence-corrected chi connectivity index (χ3v) is 2.11. The molecule has 7 heteroatoms. The van der Waals surface area contributed by atoms with Gasteiger partial charge in [0.15, 0.2) is 0 Å². The highest BCUT2D eigenvalue weighted by molar-refractivity contribution is 7.81. The average molecular weight is 256 g/mol. The zero-order valence-electron chi connectivity index (χ0n) is 7.38. The molecule has 0 saturated heterocycles. The Labute approximate surface area is 98.9 Å². The largest absolute Gasteiger partial charge is 0.461 e. The first-order chi connectivity index (χ1) is 6.63. The zero-order chi connectivity index (χ0) is 11.0. The highest BCUT2D eigenvalue weighted by Gasteiger charge is 2.13. The van der Waals surface area contributed by atoms with Crippen LogP contribution in [0.4, 0.5) is 0 Å². The van der Waals surface area contributed by atoms with Gasteiger partial charge in [0.1, 0.15) is 12.7 Å². The van der Waals surface area contributed by atoms with Gasteiger partial charge in [-0.3, -0.25) is 9.59 Å². The van der Waals surface area contributed by atoms with Gasteiger partial charge in [-0.1, -0.05) is 0 Å². The molecule has 82 valence electrons. The molecular weight excluding hydrogens is 244 g/mol. The second kappa shape index (κ2) is 8.31. The molecule has 0 amide bonds. The maximum Gasteiger partial charge on any atom is 0.316 e. The van der Waals surface area contributed by atoms with Gasteiger partial charge in [0.25, 0.3) is 0 Å². The molecule has 0 aromatic carbocycles. The highest BCUT2D eigenvalue weighted by Crippen LogP contribution is 1.99. The first-order valence-corrected chi connectivity index (χ1v) is 5.71. The Hall–Kier alpha value is -0.0100. The third-order valence-electron chi connectivity index (χ3n) is 1.19. The van der Waals surface area contributed by atoms with Gasteiger partial charge in [0.2, 0.25) is 0 Å². The molecule has 4 nitrogen and oxygen atoms in total. The molecule has 0 N–H and O–H groups in total. The minimum Gasteiger partial charge on any atom is -0.461 e. The van der Waals surface area contributed by atoms with E-state index in [4.69, 9.17) is 9.47 Å². The van der Waals surface area contributed by atoms with Crippen LogP contribution in [0.25, 0.3) is 0 Å². The van der Waals surface area contributed by atoms with Gasteiger partial charge in [-0.2, -0.15) is 37.9 Å². The first-order valence-electron chi connectivity index (χ1n) is 3.81. The van der Waals surface area contributed by atoms with Crippen LogP contribution < -0.4 is 0 Å². The fourth-order valence-corrected chi connectivity index (χ4v) is 0.924. The molecule has 0 radical (unpaired) electrons. The molecule has 0 aliphatic carbocycles. The first kappa shape index (κ1) is 14.0. The van der Waals surface area contributed by atoms with Crippen molar-refractivity contribution in [3.05, 3.63) is 0 Å². The summed E-state index contributed by atoms with van der Waals surface area (Å²) in [6, 6.07) is 0. The SMILES string of the molecule is O=C(CS)OCC(CS)OC(=O)CS. The Morgan fingerprint density at radius 1 is 1.07 bits per heavy atom. The summed E-state index contributed by atoms with van der Waals surface area (Å²) < 4.78 is 9.57. The molecule has 0 aliphatic rings. The summed E-state index contributed by atoms with van der Waals surface area (Å²) in [4.78, 5) is 21.5. The Morgan fingerprint density at radius 3 is 2.07 bits per heavy atom. The van der Waals surface area contributed by atoms with E-state index in [0.717, 1.165) is 0 Å². The van der Waals surface area contributed by atoms with Crippen molar-refractivity contribution >= 4 is 49.8 Å². The van der Waals surface area contributed by atoms with Gasteiger partial charge in [-0.15, -0.1) is 0 Å². The summed E-state index contributed by atoms with van der Waals surface area (Å²) >= 11 is 11.4. The molecule has 0 aliphatic heterocycles. The summed E-state index contributed by atoms with van der Waals surface area (Å²) in [5.41, 5.74) is 0. The monoisotopic (exact) mass is 256 g/mol. The minimum atomic E-state index is -0.526. The van der Waals surface area contributed by atoms with Crippen molar-refractivity contribution in [3.63, 3.8) is 0 Å². The van der Waals surface area contributed by atoms with Crippen LogP contribution in [-0.2, 0) is 19.1 Å². The van der Waals surface area contributed by atoms with E-state index in [1.54, 1.807) is 0 Å². The quantitative estimate of drug-likeness (QED) is 0.470. The number of carbonyl (C=O) groups excluding carboxylic acids is 2. The van der Waals surface area contributed by atoms with Gasteiger partial charge < -0.3 is 9.47 Å². The summed E-state index contributed by atoms with van der Waals surface area (Å²) in [6.45, 7) is 0.00239. The van der Waals surface area contributed by atoms with E-state index >= 15 is 0 Å². The lowest BCUT2D eigenvalue weighted by molar-refractivity contribution is -0.154. The Kier molecular flexibility index (Phi) is 8.30. The Bertz CT molecular complexity index is 197. The summed E-state index contributed by atoms with van der Waals surface area (Å²) in [7, 11) is 0. The molecule has 14 heavy (non-hydrogen) atoms. The number of hydrogen-bond acceptors (Lipinski definition) is 7. The molecule has 0 rings (SSSR count). The van der Waals surface area contributed by atoms with E-state index in [-0.39, 0.29) is 18.1 Å². The van der Waals surface area contributed by atoms with Crippen LogP contribution in [0.3, 0.4) is 0 Å². The second-order valence-electron chi connectivity index (χ2n) is 2.29. The minimum absolute atomic E-state index is 0.000193. The number of esters is 2. The van der Waals surface area contributed by atoms with Crippen LogP contribution in [0.5, 0.6) is 0 Å². The van der Waals surface area contributed by atoms with Crippen LogP contribution >= 0.6 is 37.9 Å². The van der Waals surface area contributed by atoms with Crippen LogP contribution in [0, 0.1) is 0 Å². The van der Waals surface area contributed by atoms with Crippen molar-refractivity contribution in [3.8, 4) is 0 Å². The summed E-state index contributed by atoms with van der Waals surface area (Å²) in [5.74, 6) is -0.638. The lowest BCUT2D eigenvalue weighted by Crippen LogP contribution is -2.27. The Balaban J connectivity index is 3.79. The molecule has 0 spiro atoms. The van der Waals surface area contributed by atoms with Gasteiger partial charge >= 0.3 is 11.9 Å². The molecule has 0 aromatic rings. The van der Waals surface area contributed by atoms with Crippen molar-refractivity contribution in [2.45, 2.75) is 6.10 Å². The average Bonchev–Trinajstić information content (AvgIpc) is 2.22. The number of rotatable bonds is 6.